The second-order valence-electron chi connectivity index (χ2n) is 4.37. The number of fused-ring (bicyclic) bond motifs is 1. The van der Waals surface area contributed by atoms with E-state index in [-0.39, 0.29) is 10.8 Å². The van der Waals surface area contributed by atoms with Gasteiger partial charge in [-0.2, -0.15) is 13.2 Å². The van der Waals surface area contributed by atoms with Crippen LogP contribution in [-0.4, -0.2) is 0 Å². The Balaban J connectivity index is 1.90. The molecule has 0 N–H and O–H groups in total. The average Bonchev–Trinajstić information content (AvgIpc) is 2.87. The van der Waals surface area contributed by atoms with Crippen LogP contribution in [-0.2, 0) is 6.18 Å². The summed E-state index contributed by atoms with van der Waals surface area (Å²) in [5.74, 6) is 0.729. The van der Waals surface area contributed by atoms with Crippen LogP contribution in [0.1, 0.15) is 5.56 Å². The monoisotopic (exact) mass is 328 g/mol. The number of halogens is 4. The highest BCUT2D eigenvalue weighted by molar-refractivity contribution is 7.17. The normalized spacial score (nSPS) is 11.8. The van der Waals surface area contributed by atoms with E-state index in [4.69, 9.17) is 16.3 Å². The molecule has 3 aromatic rings. The molecule has 0 atom stereocenters. The van der Waals surface area contributed by atoms with Crippen LogP contribution in [0.2, 0.25) is 5.02 Å². The SMILES string of the molecule is FC(F)(F)c1ccc(Oc2ccc3ccsc3c2)c(Cl)c1. The van der Waals surface area contributed by atoms with Crippen LogP contribution in [0.4, 0.5) is 13.2 Å². The number of ether oxygens (including phenoxy) is 1. The number of hydrogen-bond acceptors (Lipinski definition) is 2. The maximum absolute atomic E-state index is 12.6. The molecule has 0 saturated carbocycles. The minimum absolute atomic E-state index is 0.0731. The topological polar surface area (TPSA) is 9.23 Å². The predicted molar refractivity (Wildman–Crippen MR) is 78.4 cm³/mol. The smallest absolute Gasteiger partial charge is 0.416 e. The van der Waals surface area contributed by atoms with Gasteiger partial charge in [0.25, 0.3) is 0 Å². The van der Waals surface area contributed by atoms with E-state index in [9.17, 15) is 13.2 Å². The molecule has 0 fully saturated rings. The molecule has 0 aliphatic carbocycles. The van der Waals surface area contributed by atoms with E-state index in [2.05, 4.69) is 0 Å². The Morgan fingerprint density at radius 2 is 1.81 bits per heavy atom. The highest BCUT2D eigenvalue weighted by atomic mass is 35.5. The molecular formula is C15H8ClF3OS. The number of hydrogen-bond donors (Lipinski definition) is 0. The van der Waals surface area contributed by atoms with E-state index in [1.54, 1.807) is 17.4 Å². The van der Waals surface area contributed by atoms with Gasteiger partial charge in [0, 0.05) is 4.70 Å². The van der Waals surface area contributed by atoms with Crippen molar-refractivity contribution in [3.05, 3.63) is 58.4 Å². The third-order valence-electron chi connectivity index (χ3n) is 2.91. The fourth-order valence-corrected chi connectivity index (χ4v) is 2.92. The summed E-state index contributed by atoms with van der Waals surface area (Å²) < 4.78 is 44.3. The van der Waals surface area contributed by atoms with Gasteiger partial charge in [-0.3, -0.25) is 0 Å². The molecule has 0 radical (unpaired) electrons. The summed E-state index contributed by atoms with van der Waals surface area (Å²) in [6.07, 6.45) is -4.42. The molecule has 0 unspecified atom stereocenters. The Kier molecular flexibility index (Phi) is 3.55. The van der Waals surface area contributed by atoms with Gasteiger partial charge >= 0.3 is 6.18 Å². The van der Waals surface area contributed by atoms with Gasteiger partial charge < -0.3 is 4.74 Å². The molecule has 21 heavy (non-hydrogen) atoms. The first-order chi connectivity index (χ1) is 9.93. The highest BCUT2D eigenvalue weighted by Gasteiger charge is 2.31. The summed E-state index contributed by atoms with van der Waals surface area (Å²) in [5.41, 5.74) is -0.798. The van der Waals surface area contributed by atoms with Gasteiger partial charge in [-0.1, -0.05) is 11.6 Å². The lowest BCUT2D eigenvalue weighted by atomic mass is 10.2. The van der Waals surface area contributed by atoms with Crippen molar-refractivity contribution in [2.24, 2.45) is 0 Å². The van der Waals surface area contributed by atoms with E-state index in [1.807, 2.05) is 23.6 Å². The molecule has 1 heterocycles. The fraction of sp³-hybridized carbons (Fsp3) is 0.0667. The molecule has 0 aliphatic heterocycles. The number of thiophene rings is 1. The van der Waals surface area contributed by atoms with E-state index in [1.165, 1.54) is 6.07 Å². The van der Waals surface area contributed by atoms with Crippen molar-refractivity contribution in [1.29, 1.82) is 0 Å². The van der Waals surface area contributed by atoms with E-state index >= 15 is 0 Å². The van der Waals surface area contributed by atoms with Crippen LogP contribution in [0.25, 0.3) is 10.1 Å². The van der Waals surface area contributed by atoms with Crippen molar-refractivity contribution in [2.75, 3.05) is 0 Å². The van der Waals surface area contributed by atoms with E-state index in [0.29, 0.717) is 5.75 Å². The molecule has 6 heteroatoms. The summed E-state index contributed by atoms with van der Waals surface area (Å²) >= 11 is 7.42. The summed E-state index contributed by atoms with van der Waals surface area (Å²) in [7, 11) is 0. The summed E-state index contributed by atoms with van der Waals surface area (Å²) in [4.78, 5) is 0. The molecule has 0 aliphatic rings. The van der Waals surface area contributed by atoms with Crippen molar-refractivity contribution in [2.45, 2.75) is 6.18 Å². The molecule has 2 aromatic carbocycles. The third-order valence-corrected chi connectivity index (χ3v) is 4.09. The third kappa shape index (κ3) is 2.99. The molecule has 0 spiro atoms. The molecule has 0 saturated heterocycles. The van der Waals surface area contributed by atoms with Gasteiger partial charge in [0.2, 0.25) is 0 Å². The molecule has 3 rings (SSSR count). The van der Waals surface area contributed by atoms with Crippen molar-refractivity contribution in [3.63, 3.8) is 0 Å². The first-order valence-corrected chi connectivity index (χ1v) is 7.21. The first kappa shape index (κ1) is 14.2. The van der Waals surface area contributed by atoms with Crippen molar-refractivity contribution >= 4 is 33.0 Å². The van der Waals surface area contributed by atoms with Gasteiger partial charge in [0.05, 0.1) is 10.6 Å². The Hall–Kier alpha value is -1.72. The molecule has 108 valence electrons. The Labute approximate surface area is 127 Å². The van der Waals surface area contributed by atoms with Crippen LogP contribution in [0.5, 0.6) is 11.5 Å². The number of rotatable bonds is 2. The minimum atomic E-state index is -4.42. The van der Waals surface area contributed by atoms with Crippen LogP contribution < -0.4 is 4.74 Å². The van der Waals surface area contributed by atoms with Gasteiger partial charge in [0.15, 0.2) is 0 Å². The lowest BCUT2D eigenvalue weighted by Gasteiger charge is -2.11. The van der Waals surface area contributed by atoms with Gasteiger partial charge in [-0.25, -0.2) is 0 Å². The molecule has 1 nitrogen and oxygen atoms in total. The quantitative estimate of drug-likeness (QED) is 0.531. The number of benzene rings is 2. The summed E-state index contributed by atoms with van der Waals surface area (Å²) in [6, 6.07) is 10.5. The standard InChI is InChI=1S/C15H8ClF3OS/c16-12-7-10(15(17,18)19)2-4-13(12)20-11-3-1-9-5-6-21-14(9)8-11/h1-8H. The van der Waals surface area contributed by atoms with E-state index in [0.717, 1.165) is 22.2 Å². The zero-order chi connectivity index (χ0) is 15.0. The van der Waals surface area contributed by atoms with Gasteiger partial charge in [0.1, 0.15) is 11.5 Å². The lowest BCUT2D eigenvalue weighted by Crippen LogP contribution is -2.04. The van der Waals surface area contributed by atoms with Gasteiger partial charge in [-0.15, -0.1) is 11.3 Å². The minimum Gasteiger partial charge on any atom is -0.456 e. The van der Waals surface area contributed by atoms with Gasteiger partial charge in [-0.05, 0) is 53.2 Å². The van der Waals surface area contributed by atoms with Crippen LogP contribution in [0.15, 0.2) is 47.8 Å². The average molecular weight is 329 g/mol. The Bertz CT molecular complexity index is 795. The van der Waals surface area contributed by atoms with Crippen LogP contribution in [0.3, 0.4) is 0 Å². The van der Waals surface area contributed by atoms with Crippen LogP contribution in [0, 0.1) is 0 Å². The van der Waals surface area contributed by atoms with Crippen molar-refractivity contribution < 1.29 is 17.9 Å². The maximum atomic E-state index is 12.6. The second-order valence-corrected chi connectivity index (χ2v) is 5.72. The Morgan fingerprint density at radius 3 is 2.52 bits per heavy atom. The molecule has 0 bridgehead atoms. The summed E-state index contributed by atoms with van der Waals surface area (Å²) in [6.45, 7) is 0. The number of alkyl halides is 3. The molecule has 1 aromatic heterocycles. The van der Waals surface area contributed by atoms with E-state index < -0.39 is 11.7 Å². The molecular weight excluding hydrogens is 321 g/mol. The molecule has 0 amide bonds. The highest BCUT2D eigenvalue weighted by Crippen LogP contribution is 2.37. The first-order valence-electron chi connectivity index (χ1n) is 5.95. The summed E-state index contributed by atoms with van der Waals surface area (Å²) in [5, 5.41) is 2.97. The largest absolute Gasteiger partial charge is 0.456 e. The van der Waals surface area contributed by atoms with Crippen molar-refractivity contribution in [3.8, 4) is 11.5 Å². The fourth-order valence-electron chi connectivity index (χ4n) is 1.89. The van der Waals surface area contributed by atoms with Crippen LogP contribution >= 0.6 is 22.9 Å². The second kappa shape index (κ2) is 5.24. The lowest BCUT2D eigenvalue weighted by molar-refractivity contribution is -0.137. The zero-order valence-electron chi connectivity index (χ0n) is 10.4. The zero-order valence-corrected chi connectivity index (χ0v) is 12.0. The van der Waals surface area contributed by atoms with Crippen molar-refractivity contribution in [1.82, 2.24) is 0 Å². The maximum Gasteiger partial charge on any atom is 0.416 e. The Morgan fingerprint density at radius 1 is 1.00 bits per heavy atom. The predicted octanol–water partition coefficient (Wildman–Crippen LogP) is 6.37.